The molecule has 0 fully saturated rings. The predicted molar refractivity (Wildman–Crippen MR) is 59.4 cm³/mol. The average molecular weight is 224 g/mol. The molecular formula is C11H10ClNO2. The number of aromatic amines is 1. The van der Waals surface area contributed by atoms with E-state index in [-0.39, 0.29) is 5.97 Å². The molecule has 15 heavy (non-hydrogen) atoms. The molecule has 0 aliphatic carbocycles. The molecule has 0 spiro atoms. The van der Waals surface area contributed by atoms with Crippen molar-refractivity contribution >= 4 is 28.5 Å². The van der Waals surface area contributed by atoms with E-state index in [1.807, 2.05) is 13.0 Å². The number of rotatable bonds is 1. The first-order valence-electron chi connectivity index (χ1n) is 4.49. The first-order valence-corrected chi connectivity index (χ1v) is 4.87. The van der Waals surface area contributed by atoms with Crippen LogP contribution < -0.4 is 0 Å². The Kier molecular flexibility index (Phi) is 2.40. The highest BCUT2D eigenvalue weighted by Gasteiger charge is 2.14. The van der Waals surface area contributed by atoms with Crippen LogP contribution in [0.5, 0.6) is 0 Å². The van der Waals surface area contributed by atoms with Gasteiger partial charge in [-0.1, -0.05) is 17.7 Å². The summed E-state index contributed by atoms with van der Waals surface area (Å²) >= 11 is 5.86. The maximum absolute atomic E-state index is 11.4. The third-order valence-corrected chi connectivity index (χ3v) is 2.64. The summed E-state index contributed by atoms with van der Waals surface area (Å²) in [7, 11) is 1.36. The number of aryl methyl sites for hydroxylation is 1. The molecule has 1 aromatic carbocycles. The Morgan fingerprint density at radius 2 is 2.20 bits per heavy atom. The van der Waals surface area contributed by atoms with E-state index in [0.29, 0.717) is 10.7 Å². The topological polar surface area (TPSA) is 42.1 Å². The minimum Gasteiger partial charge on any atom is -0.464 e. The number of ether oxygens (including phenoxy) is 1. The number of H-pyrrole nitrogens is 1. The lowest BCUT2D eigenvalue weighted by Crippen LogP contribution is -2.02. The highest BCUT2D eigenvalue weighted by molar-refractivity contribution is 6.31. The number of benzene rings is 1. The highest BCUT2D eigenvalue weighted by atomic mass is 35.5. The van der Waals surface area contributed by atoms with Crippen molar-refractivity contribution in [1.82, 2.24) is 4.98 Å². The van der Waals surface area contributed by atoms with Crippen LogP contribution in [0.2, 0.25) is 5.02 Å². The lowest BCUT2D eigenvalue weighted by atomic mass is 10.1. The molecule has 2 rings (SSSR count). The largest absolute Gasteiger partial charge is 0.464 e. The van der Waals surface area contributed by atoms with Crippen LogP contribution in [-0.2, 0) is 4.74 Å². The van der Waals surface area contributed by atoms with Gasteiger partial charge in [0.15, 0.2) is 0 Å². The van der Waals surface area contributed by atoms with Crippen molar-refractivity contribution in [2.75, 3.05) is 7.11 Å². The van der Waals surface area contributed by atoms with Gasteiger partial charge in [-0.2, -0.15) is 0 Å². The number of halogens is 1. The van der Waals surface area contributed by atoms with Crippen LogP contribution in [-0.4, -0.2) is 18.1 Å². The van der Waals surface area contributed by atoms with Crippen LogP contribution >= 0.6 is 11.6 Å². The minimum absolute atomic E-state index is 0.361. The van der Waals surface area contributed by atoms with Gasteiger partial charge in [0.1, 0.15) is 5.69 Å². The van der Waals surface area contributed by atoms with Crippen LogP contribution in [0.1, 0.15) is 16.1 Å². The number of hydrogen-bond donors (Lipinski definition) is 1. The number of carbonyl (C=O) groups is 1. The number of esters is 1. The van der Waals surface area contributed by atoms with Gasteiger partial charge in [0, 0.05) is 15.9 Å². The van der Waals surface area contributed by atoms with E-state index in [4.69, 9.17) is 11.6 Å². The van der Waals surface area contributed by atoms with Gasteiger partial charge in [-0.05, 0) is 24.6 Å². The monoisotopic (exact) mass is 223 g/mol. The lowest BCUT2D eigenvalue weighted by molar-refractivity contribution is 0.0594. The lowest BCUT2D eigenvalue weighted by Gasteiger charge is -1.95. The molecule has 0 aliphatic heterocycles. The van der Waals surface area contributed by atoms with Gasteiger partial charge < -0.3 is 9.72 Å². The normalized spacial score (nSPS) is 10.6. The second-order valence-electron chi connectivity index (χ2n) is 3.31. The van der Waals surface area contributed by atoms with Crippen molar-refractivity contribution in [2.45, 2.75) is 6.92 Å². The van der Waals surface area contributed by atoms with Gasteiger partial charge >= 0.3 is 5.97 Å². The Balaban J connectivity index is 2.69. The first-order chi connectivity index (χ1) is 7.13. The van der Waals surface area contributed by atoms with E-state index in [2.05, 4.69) is 9.72 Å². The third kappa shape index (κ3) is 1.59. The van der Waals surface area contributed by atoms with Crippen molar-refractivity contribution in [3.63, 3.8) is 0 Å². The Morgan fingerprint density at radius 3 is 2.87 bits per heavy atom. The van der Waals surface area contributed by atoms with Crippen LogP contribution in [0.3, 0.4) is 0 Å². The molecule has 4 heteroatoms. The summed E-state index contributed by atoms with van der Waals surface area (Å²) in [5.74, 6) is -0.361. The Morgan fingerprint density at radius 1 is 1.47 bits per heavy atom. The van der Waals surface area contributed by atoms with E-state index in [9.17, 15) is 4.79 Å². The van der Waals surface area contributed by atoms with Crippen molar-refractivity contribution in [3.05, 3.63) is 34.5 Å². The molecular weight excluding hydrogens is 214 g/mol. The van der Waals surface area contributed by atoms with Crippen molar-refractivity contribution < 1.29 is 9.53 Å². The highest BCUT2D eigenvalue weighted by Crippen LogP contribution is 2.24. The zero-order valence-corrected chi connectivity index (χ0v) is 9.18. The molecule has 2 aromatic rings. The van der Waals surface area contributed by atoms with Crippen LogP contribution in [0.15, 0.2) is 18.2 Å². The number of aromatic nitrogens is 1. The Labute approximate surface area is 92.0 Å². The molecule has 0 saturated heterocycles. The van der Waals surface area contributed by atoms with E-state index in [1.54, 1.807) is 12.1 Å². The third-order valence-electron chi connectivity index (χ3n) is 2.41. The fourth-order valence-electron chi connectivity index (χ4n) is 1.62. The molecule has 1 N–H and O–H groups in total. The zero-order valence-electron chi connectivity index (χ0n) is 8.43. The number of fused-ring (bicyclic) bond motifs is 1. The van der Waals surface area contributed by atoms with Crippen LogP contribution in [0, 0.1) is 6.92 Å². The molecule has 78 valence electrons. The maximum Gasteiger partial charge on any atom is 0.354 e. The summed E-state index contributed by atoms with van der Waals surface area (Å²) in [6.07, 6.45) is 0. The maximum atomic E-state index is 11.4. The molecule has 0 unspecified atom stereocenters. The summed E-state index contributed by atoms with van der Waals surface area (Å²) in [5, 5.41) is 1.62. The molecule has 0 amide bonds. The summed E-state index contributed by atoms with van der Waals surface area (Å²) in [5.41, 5.74) is 2.21. The molecule has 1 aromatic heterocycles. The van der Waals surface area contributed by atoms with Gasteiger partial charge in [-0.15, -0.1) is 0 Å². The van der Waals surface area contributed by atoms with Crippen molar-refractivity contribution in [3.8, 4) is 0 Å². The average Bonchev–Trinajstić information content (AvgIpc) is 2.54. The van der Waals surface area contributed by atoms with Crippen molar-refractivity contribution in [1.29, 1.82) is 0 Å². The van der Waals surface area contributed by atoms with Gasteiger partial charge in [0.2, 0.25) is 0 Å². The number of methoxy groups -OCH3 is 1. The van der Waals surface area contributed by atoms with Crippen LogP contribution in [0.4, 0.5) is 0 Å². The smallest absolute Gasteiger partial charge is 0.354 e. The molecule has 0 bridgehead atoms. The van der Waals surface area contributed by atoms with Gasteiger partial charge in [0.25, 0.3) is 0 Å². The number of hydrogen-bond acceptors (Lipinski definition) is 2. The van der Waals surface area contributed by atoms with Gasteiger partial charge in [-0.3, -0.25) is 0 Å². The second-order valence-corrected chi connectivity index (χ2v) is 3.74. The Hall–Kier alpha value is -1.48. The summed E-state index contributed by atoms with van der Waals surface area (Å²) in [6.45, 7) is 1.87. The fraction of sp³-hybridized carbons (Fsp3) is 0.182. The fourth-order valence-corrected chi connectivity index (χ4v) is 1.79. The quantitative estimate of drug-likeness (QED) is 0.756. The van der Waals surface area contributed by atoms with E-state index >= 15 is 0 Å². The van der Waals surface area contributed by atoms with Gasteiger partial charge in [-0.25, -0.2) is 4.79 Å². The molecule has 0 saturated carbocycles. The number of nitrogens with one attached hydrogen (secondary N) is 1. The summed E-state index contributed by atoms with van der Waals surface area (Å²) in [6, 6.07) is 5.47. The number of carbonyl (C=O) groups excluding carboxylic acids is 1. The molecule has 0 aliphatic rings. The second kappa shape index (κ2) is 3.59. The van der Waals surface area contributed by atoms with Gasteiger partial charge in [0.05, 0.1) is 7.11 Å². The molecule has 0 radical (unpaired) electrons. The first kappa shape index (κ1) is 10.1. The minimum atomic E-state index is -0.361. The zero-order chi connectivity index (χ0) is 11.0. The van der Waals surface area contributed by atoms with E-state index in [1.165, 1.54) is 7.11 Å². The molecule has 0 atom stereocenters. The predicted octanol–water partition coefficient (Wildman–Crippen LogP) is 2.92. The SMILES string of the molecule is COC(=O)c1[nH]c2cc(Cl)ccc2c1C. The summed E-state index contributed by atoms with van der Waals surface area (Å²) < 4.78 is 4.67. The Bertz CT molecular complexity index is 531. The van der Waals surface area contributed by atoms with Crippen molar-refractivity contribution in [2.24, 2.45) is 0 Å². The van der Waals surface area contributed by atoms with Crippen LogP contribution in [0.25, 0.3) is 10.9 Å². The molecule has 1 heterocycles. The summed E-state index contributed by atoms with van der Waals surface area (Å²) in [4.78, 5) is 14.4. The van der Waals surface area contributed by atoms with E-state index in [0.717, 1.165) is 16.5 Å². The van der Waals surface area contributed by atoms with E-state index < -0.39 is 0 Å². The standard InChI is InChI=1S/C11H10ClNO2/c1-6-8-4-3-7(12)5-9(8)13-10(6)11(14)15-2/h3-5,13H,1-2H3. The molecule has 3 nitrogen and oxygen atoms in total.